The molecule has 6 heteroatoms. The van der Waals surface area contributed by atoms with Crippen molar-refractivity contribution >= 4 is 18.0 Å². The van der Waals surface area contributed by atoms with Crippen molar-refractivity contribution in [2.24, 2.45) is 0 Å². The second kappa shape index (κ2) is 8.49. The summed E-state index contributed by atoms with van der Waals surface area (Å²) in [6.07, 6.45) is 3.74. The van der Waals surface area contributed by atoms with Crippen molar-refractivity contribution < 1.29 is 19.5 Å². The van der Waals surface area contributed by atoms with Gasteiger partial charge in [-0.25, -0.2) is 5.06 Å². The normalized spacial score (nSPS) is 12.7. The number of benzene rings is 2. The minimum Gasteiger partial charge on any atom is -0.454 e. The highest BCUT2D eigenvalue weighted by atomic mass is 16.5. The number of rotatable bonds is 8. The largest absolute Gasteiger partial charge is 0.454 e. The highest BCUT2D eigenvalue weighted by Crippen LogP contribution is 2.38. The van der Waals surface area contributed by atoms with Crippen molar-refractivity contribution in [3.05, 3.63) is 54.1 Å². The Morgan fingerprint density at radius 1 is 0.962 bits per heavy atom. The molecule has 2 aromatic rings. The van der Waals surface area contributed by atoms with Crippen LogP contribution in [0.2, 0.25) is 0 Å². The molecule has 26 heavy (non-hydrogen) atoms. The van der Waals surface area contributed by atoms with Gasteiger partial charge in [-0.2, -0.15) is 0 Å². The van der Waals surface area contributed by atoms with Crippen LogP contribution in [0.4, 0.5) is 5.69 Å². The summed E-state index contributed by atoms with van der Waals surface area (Å²) < 4.78 is 5.96. The minimum atomic E-state index is -0.0620. The summed E-state index contributed by atoms with van der Waals surface area (Å²) >= 11 is 0. The maximum atomic E-state index is 13.0. The Balaban J connectivity index is 1.67. The Labute approximate surface area is 152 Å². The quantitative estimate of drug-likeness (QED) is 0.338. The molecule has 2 aromatic carbocycles. The topological polar surface area (TPSA) is 70.1 Å². The summed E-state index contributed by atoms with van der Waals surface area (Å²) in [7, 11) is 0. The molecule has 0 unspecified atom stereocenters. The molecule has 136 valence electrons. The Morgan fingerprint density at radius 2 is 1.65 bits per heavy atom. The van der Waals surface area contributed by atoms with Crippen molar-refractivity contribution in [1.82, 2.24) is 5.06 Å². The average molecular weight is 354 g/mol. The van der Waals surface area contributed by atoms with Crippen molar-refractivity contribution in [2.75, 3.05) is 18.0 Å². The van der Waals surface area contributed by atoms with Crippen molar-refractivity contribution in [3.8, 4) is 11.5 Å². The van der Waals surface area contributed by atoms with Gasteiger partial charge in [0.2, 0.25) is 6.41 Å². The Bertz CT molecular complexity index is 778. The number of fused-ring (bicyclic) bond motifs is 2. The summed E-state index contributed by atoms with van der Waals surface area (Å²) in [4.78, 5) is 25.1. The van der Waals surface area contributed by atoms with Crippen LogP contribution in [-0.2, 0) is 4.79 Å². The monoisotopic (exact) mass is 354 g/mol. The van der Waals surface area contributed by atoms with E-state index in [0.717, 1.165) is 31.4 Å². The van der Waals surface area contributed by atoms with E-state index >= 15 is 0 Å². The molecule has 3 rings (SSSR count). The van der Waals surface area contributed by atoms with Gasteiger partial charge in [-0.15, -0.1) is 0 Å². The number of para-hydroxylation sites is 3. The van der Waals surface area contributed by atoms with Gasteiger partial charge in [0, 0.05) is 13.1 Å². The third kappa shape index (κ3) is 4.03. The fourth-order valence-electron chi connectivity index (χ4n) is 3.04. The number of amides is 2. The first-order valence-electron chi connectivity index (χ1n) is 8.79. The minimum absolute atomic E-state index is 0.0620. The maximum absolute atomic E-state index is 13.0. The summed E-state index contributed by atoms with van der Waals surface area (Å²) in [5.74, 6) is 1.19. The molecular formula is C20H22N2O4. The maximum Gasteiger partial charge on any atom is 0.262 e. The molecule has 1 heterocycles. The highest BCUT2D eigenvalue weighted by molar-refractivity contribution is 6.09. The third-order valence-electron chi connectivity index (χ3n) is 4.38. The molecule has 0 aliphatic carbocycles. The third-order valence-corrected chi connectivity index (χ3v) is 4.38. The molecule has 0 radical (unpaired) electrons. The average Bonchev–Trinajstić information content (AvgIpc) is 2.79. The molecule has 2 amide bonds. The van der Waals surface area contributed by atoms with E-state index in [-0.39, 0.29) is 5.91 Å². The van der Waals surface area contributed by atoms with E-state index in [1.807, 2.05) is 36.4 Å². The van der Waals surface area contributed by atoms with E-state index in [1.54, 1.807) is 17.0 Å². The van der Waals surface area contributed by atoms with E-state index in [9.17, 15) is 9.59 Å². The zero-order valence-corrected chi connectivity index (χ0v) is 14.5. The molecule has 0 spiro atoms. The van der Waals surface area contributed by atoms with Gasteiger partial charge in [-0.1, -0.05) is 37.1 Å². The van der Waals surface area contributed by atoms with Gasteiger partial charge in [0.1, 0.15) is 5.75 Å². The van der Waals surface area contributed by atoms with E-state index in [4.69, 9.17) is 9.94 Å². The van der Waals surface area contributed by atoms with Crippen molar-refractivity contribution in [3.63, 3.8) is 0 Å². The van der Waals surface area contributed by atoms with Gasteiger partial charge in [0.25, 0.3) is 5.91 Å². The summed E-state index contributed by atoms with van der Waals surface area (Å²) in [6, 6.07) is 14.8. The summed E-state index contributed by atoms with van der Waals surface area (Å²) in [6.45, 7) is 0.917. The first-order valence-corrected chi connectivity index (χ1v) is 8.79. The van der Waals surface area contributed by atoms with Crippen LogP contribution in [0.15, 0.2) is 48.5 Å². The molecule has 0 aromatic heterocycles. The van der Waals surface area contributed by atoms with Gasteiger partial charge < -0.3 is 9.64 Å². The van der Waals surface area contributed by atoms with Gasteiger partial charge in [0.05, 0.1) is 11.3 Å². The van der Waals surface area contributed by atoms with E-state index in [2.05, 4.69) is 0 Å². The van der Waals surface area contributed by atoms with Crippen LogP contribution >= 0.6 is 0 Å². The first kappa shape index (κ1) is 17.9. The van der Waals surface area contributed by atoms with Crippen LogP contribution in [0.25, 0.3) is 0 Å². The van der Waals surface area contributed by atoms with E-state index in [0.29, 0.717) is 41.6 Å². The molecule has 1 aliphatic rings. The lowest BCUT2D eigenvalue weighted by molar-refractivity contribution is -0.149. The number of nitrogens with zero attached hydrogens (tertiary/aromatic N) is 2. The number of carbonyl (C=O) groups excluding carboxylic acids is 2. The Kier molecular flexibility index (Phi) is 5.86. The number of hydrogen-bond acceptors (Lipinski definition) is 4. The summed E-state index contributed by atoms with van der Waals surface area (Å²) in [5.41, 5.74) is 1.33. The van der Waals surface area contributed by atoms with E-state index < -0.39 is 0 Å². The molecule has 0 atom stereocenters. The SMILES string of the molecule is O=CN(O)CCCCCCN1C(=O)c2ccccc2Oc2ccccc21. The lowest BCUT2D eigenvalue weighted by Gasteiger charge is -2.22. The molecule has 0 saturated heterocycles. The van der Waals surface area contributed by atoms with Gasteiger partial charge in [0.15, 0.2) is 5.75 Å². The molecule has 0 bridgehead atoms. The number of carbonyl (C=O) groups is 2. The number of ether oxygens (including phenoxy) is 1. The zero-order chi connectivity index (χ0) is 18.4. The van der Waals surface area contributed by atoms with Gasteiger partial charge in [-0.05, 0) is 37.1 Å². The number of hydrogen-bond donors (Lipinski definition) is 1. The van der Waals surface area contributed by atoms with Crippen molar-refractivity contribution in [2.45, 2.75) is 25.7 Å². The van der Waals surface area contributed by atoms with Crippen LogP contribution in [0.3, 0.4) is 0 Å². The second-order valence-corrected chi connectivity index (χ2v) is 6.21. The Hall–Kier alpha value is -2.86. The lowest BCUT2D eigenvalue weighted by atomic mass is 10.1. The molecule has 0 saturated carbocycles. The van der Waals surface area contributed by atoms with Gasteiger partial charge in [-0.3, -0.25) is 14.8 Å². The van der Waals surface area contributed by atoms with Crippen LogP contribution < -0.4 is 9.64 Å². The predicted molar refractivity (Wildman–Crippen MR) is 97.7 cm³/mol. The second-order valence-electron chi connectivity index (χ2n) is 6.21. The number of unbranched alkanes of at least 4 members (excludes halogenated alkanes) is 3. The molecule has 0 fully saturated rings. The van der Waals surface area contributed by atoms with Crippen molar-refractivity contribution in [1.29, 1.82) is 0 Å². The zero-order valence-electron chi connectivity index (χ0n) is 14.5. The molecule has 1 N–H and O–H groups in total. The smallest absolute Gasteiger partial charge is 0.262 e. The van der Waals surface area contributed by atoms with Crippen LogP contribution in [0, 0.1) is 0 Å². The molecule has 6 nitrogen and oxygen atoms in total. The van der Waals surface area contributed by atoms with Crippen LogP contribution in [0.1, 0.15) is 36.0 Å². The Morgan fingerprint density at radius 3 is 2.46 bits per heavy atom. The lowest BCUT2D eigenvalue weighted by Crippen LogP contribution is -2.31. The van der Waals surface area contributed by atoms with E-state index in [1.165, 1.54) is 0 Å². The summed E-state index contributed by atoms with van der Waals surface area (Å²) in [5, 5.41) is 9.74. The number of hydroxylamine groups is 2. The highest BCUT2D eigenvalue weighted by Gasteiger charge is 2.27. The van der Waals surface area contributed by atoms with Crippen LogP contribution in [0.5, 0.6) is 11.5 Å². The fourth-order valence-corrected chi connectivity index (χ4v) is 3.04. The molecule has 1 aliphatic heterocycles. The van der Waals surface area contributed by atoms with Crippen LogP contribution in [-0.4, -0.2) is 35.7 Å². The van der Waals surface area contributed by atoms with Gasteiger partial charge >= 0.3 is 0 Å². The number of anilines is 1. The molecular weight excluding hydrogens is 332 g/mol. The standard InChI is InChI=1S/C20H22N2O4/c23-15-21(25)13-7-1-2-8-14-22-17-10-4-6-12-19(17)26-18-11-5-3-9-16(18)20(22)24/h3-6,9-12,15,25H,1-2,7-8,13-14H2. The fraction of sp³-hybridized carbons (Fsp3) is 0.300. The first-order chi connectivity index (χ1) is 12.7. The predicted octanol–water partition coefficient (Wildman–Crippen LogP) is 3.85.